The molecule has 1 aromatic carbocycles. The molecule has 1 N–H and O–H groups in total. The normalized spacial score (nSPS) is 10.2. The van der Waals surface area contributed by atoms with Gasteiger partial charge in [-0.25, -0.2) is 0 Å². The molecule has 0 spiro atoms. The number of hydrogen-bond acceptors (Lipinski definition) is 3. The van der Waals surface area contributed by atoms with E-state index in [4.69, 9.17) is 10.00 Å². The maximum absolute atomic E-state index is 8.43. The maximum Gasteiger partial charge on any atom is 0.174 e. The molecule has 3 nitrogen and oxygen atoms in total. The Morgan fingerprint density at radius 3 is 2.45 bits per heavy atom. The van der Waals surface area contributed by atoms with E-state index in [1.54, 1.807) is 0 Å². The topological polar surface area (TPSA) is 45.0 Å². The first kappa shape index (κ1) is 16.5. The summed E-state index contributed by atoms with van der Waals surface area (Å²) in [7, 11) is 0. The highest BCUT2D eigenvalue weighted by atomic mass is 16.5. The zero-order chi connectivity index (χ0) is 14.5. The molecule has 110 valence electrons. The highest BCUT2D eigenvalue weighted by molar-refractivity contribution is 5.27. The van der Waals surface area contributed by atoms with Gasteiger partial charge >= 0.3 is 0 Å². The first-order valence-corrected chi connectivity index (χ1v) is 7.66. The lowest BCUT2D eigenvalue weighted by Crippen LogP contribution is -2.14. The average molecular weight is 274 g/mol. The molecule has 0 aliphatic heterocycles. The molecule has 20 heavy (non-hydrogen) atoms. The summed E-state index contributed by atoms with van der Waals surface area (Å²) >= 11 is 0. The quantitative estimate of drug-likeness (QED) is 0.619. The summed E-state index contributed by atoms with van der Waals surface area (Å²) in [5.74, 6) is 0.756. The van der Waals surface area contributed by atoms with E-state index < -0.39 is 0 Å². The van der Waals surface area contributed by atoms with Gasteiger partial charge in [0.2, 0.25) is 0 Å². The van der Waals surface area contributed by atoms with E-state index >= 15 is 0 Å². The largest absolute Gasteiger partial charge is 0.479 e. The molecule has 1 aromatic rings. The Morgan fingerprint density at radius 1 is 1.05 bits per heavy atom. The van der Waals surface area contributed by atoms with E-state index in [0.29, 0.717) is 0 Å². The first-order chi connectivity index (χ1) is 9.86. The Morgan fingerprint density at radius 2 is 1.75 bits per heavy atom. The smallest absolute Gasteiger partial charge is 0.174 e. The van der Waals surface area contributed by atoms with Crippen molar-refractivity contribution in [2.45, 2.75) is 52.0 Å². The highest BCUT2D eigenvalue weighted by Crippen LogP contribution is 2.12. The van der Waals surface area contributed by atoms with Crippen molar-refractivity contribution in [2.24, 2.45) is 0 Å². The molecule has 0 aliphatic rings. The van der Waals surface area contributed by atoms with Gasteiger partial charge in [-0.2, -0.15) is 5.26 Å². The van der Waals surface area contributed by atoms with E-state index in [1.165, 1.54) is 44.1 Å². The van der Waals surface area contributed by atoms with Gasteiger partial charge < -0.3 is 10.1 Å². The lowest BCUT2D eigenvalue weighted by atomic mass is 10.1. The number of ether oxygens (including phenoxy) is 1. The van der Waals surface area contributed by atoms with Gasteiger partial charge in [-0.3, -0.25) is 0 Å². The summed E-state index contributed by atoms with van der Waals surface area (Å²) in [6, 6.07) is 9.88. The Hall–Kier alpha value is -1.53. The molecule has 0 bridgehead atoms. The van der Waals surface area contributed by atoms with Crippen molar-refractivity contribution in [1.29, 1.82) is 5.26 Å². The zero-order valence-corrected chi connectivity index (χ0v) is 12.5. The molecule has 0 saturated heterocycles. The molecule has 1 rings (SSSR count). The zero-order valence-electron chi connectivity index (χ0n) is 12.5. The second kappa shape index (κ2) is 11.3. The van der Waals surface area contributed by atoms with Gasteiger partial charge in [-0.15, -0.1) is 0 Å². The highest BCUT2D eigenvalue weighted by Gasteiger charge is 1.96. The SMILES string of the molecule is CCCCCCCCNCc1ccc(OCC#N)cc1. The molecule has 0 radical (unpaired) electrons. The number of nitriles is 1. The first-order valence-electron chi connectivity index (χ1n) is 7.66. The fourth-order valence-corrected chi connectivity index (χ4v) is 2.08. The van der Waals surface area contributed by atoms with E-state index in [0.717, 1.165) is 18.8 Å². The van der Waals surface area contributed by atoms with Crippen LogP contribution in [0.15, 0.2) is 24.3 Å². The number of unbranched alkanes of at least 4 members (excludes halogenated alkanes) is 5. The predicted octanol–water partition coefficient (Wildman–Crippen LogP) is 4.04. The van der Waals surface area contributed by atoms with Crippen LogP contribution in [0, 0.1) is 11.3 Å². The van der Waals surface area contributed by atoms with Crippen molar-refractivity contribution in [3.8, 4) is 11.8 Å². The van der Waals surface area contributed by atoms with Crippen molar-refractivity contribution in [3.05, 3.63) is 29.8 Å². The number of nitrogens with one attached hydrogen (secondary N) is 1. The second-order valence-corrected chi connectivity index (χ2v) is 5.04. The van der Waals surface area contributed by atoms with Crippen LogP contribution >= 0.6 is 0 Å². The molecule has 0 fully saturated rings. The summed E-state index contributed by atoms with van der Waals surface area (Å²) in [6.45, 7) is 4.33. The van der Waals surface area contributed by atoms with Crippen molar-refractivity contribution in [2.75, 3.05) is 13.2 Å². The average Bonchev–Trinajstić information content (AvgIpc) is 2.49. The summed E-state index contributed by atoms with van der Waals surface area (Å²) < 4.78 is 5.22. The standard InChI is InChI=1S/C17H26N2O/c1-2-3-4-5-6-7-13-19-15-16-8-10-17(11-9-16)20-14-12-18/h8-11,19H,2-7,13-15H2,1H3. The minimum Gasteiger partial charge on any atom is -0.479 e. The van der Waals surface area contributed by atoms with Crippen LogP contribution in [0.5, 0.6) is 5.75 Å². The van der Waals surface area contributed by atoms with Crippen molar-refractivity contribution in [1.82, 2.24) is 5.32 Å². The van der Waals surface area contributed by atoms with Crippen LogP contribution in [0.4, 0.5) is 0 Å². The predicted molar refractivity (Wildman–Crippen MR) is 82.6 cm³/mol. The maximum atomic E-state index is 8.43. The van der Waals surface area contributed by atoms with Crippen LogP contribution in [0.3, 0.4) is 0 Å². The lowest BCUT2D eigenvalue weighted by Gasteiger charge is -2.06. The van der Waals surface area contributed by atoms with Crippen molar-refractivity contribution < 1.29 is 4.74 Å². The second-order valence-electron chi connectivity index (χ2n) is 5.04. The van der Waals surface area contributed by atoms with Gasteiger partial charge in [0.05, 0.1) is 0 Å². The van der Waals surface area contributed by atoms with Crippen LogP contribution in [0.25, 0.3) is 0 Å². The summed E-state index contributed by atoms with van der Waals surface area (Å²) in [5, 5.41) is 11.9. The number of rotatable bonds is 11. The number of benzene rings is 1. The summed E-state index contributed by atoms with van der Waals surface area (Å²) in [5.41, 5.74) is 1.25. The Kier molecular flexibility index (Phi) is 9.34. The molecular formula is C17H26N2O. The molecule has 3 heteroatoms. The number of nitrogens with zero attached hydrogens (tertiary/aromatic N) is 1. The van der Waals surface area contributed by atoms with Gasteiger partial charge in [0.15, 0.2) is 6.61 Å². The van der Waals surface area contributed by atoms with E-state index in [-0.39, 0.29) is 6.61 Å². The molecule has 0 atom stereocenters. The minimum atomic E-state index is 0.107. The summed E-state index contributed by atoms with van der Waals surface area (Å²) in [6.07, 6.45) is 8.00. The molecule has 0 aromatic heterocycles. The third kappa shape index (κ3) is 7.81. The van der Waals surface area contributed by atoms with Gasteiger partial charge in [0.1, 0.15) is 11.8 Å². The van der Waals surface area contributed by atoms with Gasteiger partial charge in [0.25, 0.3) is 0 Å². The van der Waals surface area contributed by atoms with Gasteiger partial charge in [0, 0.05) is 6.54 Å². The Balaban J connectivity index is 2.06. The Labute approximate surface area is 123 Å². The van der Waals surface area contributed by atoms with E-state index in [2.05, 4.69) is 12.2 Å². The van der Waals surface area contributed by atoms with Crippen molar-refractivity contribution in [3.63, 3.8) is 0 Å². The van der Waals surface area contributed by atoms with Crippen molar-refractivity contribution >= 4 is 0 Å². The molecule has 0 heterocycles. The molecule has 0 amide bonds. The van der Waals surface area contributed by atoms with Gasteiger partial charge in [-0.05, 0) is 30.7 Å². The summed E-state index contributed by atoms with van der Waals surface area (Å²) in [4.78, 5) is 0. The Bertz CT molecular complexity index is 381. The number of hydrogen-bond donors (Lipinski definition) is 1. The third-order valence-corrected chi connectivity index (χ3v) is 3.26. The monoisotopic (exact) mass is 274 g/mol. The van der Waals surface area contributed by atoms with Crippen LogP contribution in [-0.2, 0) is 6.54 Å². The van der Waals surface area contributed by atoms with Gasteiger partial charge in [-0.1, -0.05) is 51.2 Å². The minimum absolute atomic E-state index is 0.107. The lowest BCUT2D eigenvalue weighted by molar-refractivity contribution is 0.368. The van der Waals surface area contributed by atoms with Crippen LogP contribution in [0.2, 0.25) is 0 Å². The van der Waals surface area contributed by atoms with E-state index in [9.17, 15) is 0 Å². The fourth-order valence-electron chi connectivity index (χ4n) is 2.08. The van der Waals surface area contributed by atoms with Crippen LogP contribution < -0.4 is 10.1 Å². The van der Waals surface area contributed by atoms with E-state index in [1.807, 2.05) is 30.3 Å². The molecule has 0 saturated carbocycles. The van der Waals surface area contributed by atoms with Crippen LogP contribution in [0.1, 0.15) is 51.0 Å². The third-order valence-electron chi connectivity index (χ3n) is 3.26. The van der Waals surface area contributed by atoms with Crippen LogP contribution in [-0.4, -0.2) is 13.2 Å². The molecule has 0 unspecified atom stereocenters. The molecular weight excluding hydrogens is 248 g/mol. The molecule has 0 aliphatic carbocycles. The fraction of sp³-hybridized carbons (Fsp3) is 0.588.